The number of phenolic OH excluding ortho intramolecular Hbond substituents is 1. The summed E-state index contributed by atoms with van der Waals surface area (Å²) in [5, 5.41) is 30.3. The van der Waals surface area contributed by atoms with Crippen LogP contribution in [0.4, 0.5) is 0 Å². The van der Waals surface area contributed by atoms with Crippen LogP contribution in [0.5, 0.6) is 5.75 Å². The Morgan fingerprint density at radius 1 is 0.812 bits per heavy atom. The van der Waals surface area contributed by atoms with Crippen molar-refractivity contribution in [1.29, 1.82) is 0 Å². The van der Waals surface area contributed by atoms with Gasteiger partial charge in [-0.15, -0.1) is 0 Å². The van der Waals surface area contributed by atoms with Crippen LogP contribution < -0.4 is 16.0 Å². The summed E-state index contributed by atoms with van der Waals surface area (Å²) < 4.78 is 0. The number of carbonyl (C=O) groups excluding carboxylic acids is 4. The van der Waals surface area contributed by atoms with Gasteiger partial charge in [0.15, 0.2) is 0 Å². The summed E-state index contributed by atoms with van der Waals surface area (Å²) in [4.78, 5) is 61.7. The molecular weight excluding hydrogens is 612 g/mol. The molecule has 0 saturated carbocycles. The Labute approximate surface area is 278 Å². The molecule has 3 heterocycles. The Morgan fingerprint density at radius 2 is 1.58 bits per heavy atom. The first-order valence-corrected chi connectivity index (χ1v) is 16.2. The van der Waals surface area contributed by atoms with E-state index >= 15 is 0 Å². The quantitative estimate of drug-likeness (QED) is 0.182. The summed E-state index contributed by atoms with van der Waals surface area (Å²) in [7, 11) is 0. The van der Waals surface area contributed by atoms with Crippen molar-refractivity contribution in [3.8, 4) is 5.75 Å². The van der Waals surface area contributed by atoms with Crippen molar-refractivity contribution in [2.24, 2.45) is 0 Å². The lowest BCUT2D eigenvalue weighted by molar-refractivity contribution is -0.142. The molecule has 250 valence electrons. The molecule has 2 aliphatic rings. The summed E-state index contributed by atoms with van der Waals surface area (Å²) in [6.07, 6.45) is 1.23. The van der Waals surface area contributed by atoms with Gasteiger partial charge in [0.05, 0.1) is 12.6 Å². The summed E-state index contributed by atoms with van der Waals surface area (Å²) in [6.45, 7) is 0.570. The van der Waals surface area contributed by atoms with Gasteiger partial charge in [0, 0.05) is 62.5 Å². The predicted octanol–water partition coefficient (Wildman–Crippen LogP) is 1.22. The molecule has 0 unspecified atom stereocenters. The number of nitrogens with zero attached hydrogens (tertiary/aromatic N) is 2. The van der Waals surface area contributed by atoms with E-state index in [1.807, 2.05) is 71.8 Å². The number of nitrogens with one attached hydrogen (secondary N) is 4. The largest absolute Gasteiger partial charge is 0.508 e. The first kappa shape index (κ1) is 32.7. The molecule has 48 heavy (non-hydrogen) atoms. The second kappa shape index (κ2) is 14.7. The predicted molar refractivity (Wildman–Crippen MR) is 179 cm³/mol. The van der Waals surface area contributed by atoms with Crippen molar-refractivity contribution >= 4 is 34.5 Å². The lowest BCUT2D eigenvalue weighted by Gasteiger charge is -2.30. The number of aromatic amines is 1. The lowest BCUT2D eigenvalue weighted by Crippen LogP contribution is -2.57. The van der Waals surface area contributed by atoms with Crippen LogP contribution in [0, 0.1) is 0 Å². The minimum Gasteiger partial charge on any atom is -0.508 e. The van der Waals surface area contributed by atoms with Gasteiger partial charge >= 0.3 is 0 Å². The number of phenols is 1. The molecule has 2 saturated heterocycles. The van der Waals surface area contributed by atoms with Gasteiger partial charge in [0.25, 0.3) is 0 Å². The van der Waals surface area contributed by atoms with Crippen molar-refractivity contribution < 1.29 is 29.4 Å². The Kier molecular flexibility index (Phi) is 10.0. The Hall–Kier alpha value is -5.20. The summed E-state index contributed by atoms with van der Waals surface area (Å²) in [5.74, 6) is -1.78. The molecule has 3 aromatic carbocycles. The number of aromatic hydroxyl groups is 1. The highest BCUT2D eigenvalue weighted by molar-refractivity contribution is 5.95. The van der Waals surface area contributed by atoms with Crippen LogP contribution in [0.15, 0.2) is 85.1 Å². The number of H-pyrrole nitrogens is 1. The van der Waals surface area contributed by atoms with Crippen LogP contribution in [-0.4, -0.2) is 99.0 Å². The maximum absolute atomic E-state index is 14.3. The highest BCUT2D eigenvalue weighted by atomic mass is 16.3. The van der Waals surface area contributed by atoms with Gasteiger partial charge in [-0.05, 0) is 34.9 Å². The zero-order chi connectivity index (χ0) is 33.6. The van der Waals surface area contributed by atoms with E-state index in [0.717, 1.165) is 27.6 Å². The van der Waals surface area contributed by atoms with Crippen LogP contribution in [-0.2, 0) is 38.6 Å². The second-order valence-electron chi connectivity index (χ2n) is 12.5. The lowest BCUT2D eigenvalue weighted by atomic mass is 10.0. The number of rotatable bonds is 6. The van der Waals surface area contributed by atoms with Crippen molar-refractivity contribution in [3.05, 3.63) is 102 Å². The zero-order valence-corrected chi connectivity index (χ0v) is 26.5. The Morgan fingerprint density at radius 3 is 2.40 bits per heavy atom. The molecule has 12 heteroatoms. The van der Waals surface area contributed by atoms with Gasteiger partial charge < -0.3 is 36.0 Å². The van der Waals surface area contributed by atoms with Crippen LogP contribution in [0.25, 0.3) is 10.9 Å². The van der Waals surface area contributed by atoms with E-state index in [1.165, 1.54) is 4.90 Å². The molecule has 2 aliphatic heterocycles. The average molecular weight is 653 g/mol. The van der Waals surface area contributed by atoms with E-state index in [4.69, 9.17) is 0 Å². The Balaban J connectivity index is 1.32. The van der Waals surface area contributed by atoms with E-state index in [9.17, 15) is 29.4 Å². The monoisotopic (exact) mass is 652 g/mol. The Bertz CT molecular complexity index is 1780. The standard InChI is InChI=1S/C36H40N6O6/c43-26-10-6-9-24(15-26)20-41-14-13-37-34(46)30(16-23-7-2-1-3-8-23)40-35(47)32-18-27(44)21-42(32)36(48)31(39-33(45)22-41)17-25-19-38-29-12-5-4-11-28(25)29/h1-12,15,19,27,30-32,38,43-44H,13-14,16-18,20-22H2,(H,37,46)(H,39,45)(H,40,47)/t27-,30+,31-,32+/m1/s1. The number of aliphatic hydroxyl groups excluding tert-OH is 1. The van der Waals surface area contributed by atoms with Gasteiger partial charge in [-0.25, -0.2) is 0 Å². The summed E-state index contributed by atoms with van der Waals surface area (Å²) in [5.41, 5.74) is 3.31. The average Bonchev–Trinajstić information content (AvgIpc) is 3.67. The fourth-order valence-corrected chi connectivity index (χ4v) is 6.58. The minimum absolute atomic E-state index is 0.00268. The number of benzene rings is 3. The zero-order valence-electron chi connectivity index (χ0n) is 26.5. The smallest absolute Gasteiger partial charge is 0.246 e. The van der Waals surface area contributed by atoms with E-state index in [1.54, 1.807) is 18.2 Å². The maximum atomic E-state index is 14.3. The van der Waals surface area contributed by atoms with E-state index < -0.39 is 47.9 Å². The number of aliphatic hydroxyl groups is 1. The molecule has 0 spiro atoms. The number of fused-ring (bicyclic) bond motifs is 2. The third-order valence-corrected chi connectivity index (χ3v) is 8.92. The molecule has 0 bridgehead atoms. The van der Waals surface area contributed by atoms with E-state index in [0.29, 0.717) is 6.54 Å². The number of hydrogen-bond acceptors (Lipinski definition) is 7. The number of amides is 4. The highest BCUT2D eigenvalue weighted by Crippen LogP contribution is 2.24. The van der Waals surface area contributed by atoms with E-state index in [2.05, 4.69) is 20.9 Å². The molecule has 6 N–H and O–H groups in total. The third kappa shape index (κ3) is 7.84. The van der Waals surface area contributed by atoms with Gasteiger partial charge in [-0.2, -0.15) is 0 Å². The number of aromatic nitrogens is 1. The van der Waals surface area contributed by atoms with Gasteiger partial charge in [0.1, 0.15) is 23.9 Å². The molecule has 4 atom stereocenters. The normalized spacial score (nSPS) is 23.1. The SMILES string of the molecule is O=C1CN(Cc2cccc(O)c2)CCNC(=O)[C@H](Cc2ccccc2)NC(=O)[C@@H]2C[C@@H](O)CN2C(=O)[C@@H](Cc2c[nH]c3ccccc23)N1. The topological polar surface area (TPSA) is 167 Å². The first-order chi connectivity index (χ1) is 23.2. The van der Waals surface area contributed by atoms with Gasteiger partial charge in [0.2, 0.25) is 23.6 Å². The number of hydrogen-bond donors (Lipinski definition) is 6. The fourth-order valence-electron chi connectivity index (χ4n) is 6.58. The molecule has 0 aliphatic carbocycles. The summed E-state index contributed by atoms with van der Waals surface area (Å²) >= 11 is 0. The van der Waals surface area contributed by atoms with E-state index in [-0.39, 0.29) is 51.2 Å². The van der Waals surface area contributed by atoms with Crippen LogP contribution >= 0.6 is 0 Å². The van der Waals surface area contributed by atoms with Crippen LogP contribution in [0.2, 0.25) is 0 Å². The maximum Gasteiger partial charge on any atom is 0.246 e. The van der Waals surface area contributed by atoms with Crippen molar-refractivity contribution in [1.82, 2.24) is 30.7 Å². The molecular formula is C36H40N6O6. The molecule has 4 amide bonds. The number of para-hydroxylation sites is 1. The fraction of sp³-hybridized carbons (Fsp3) is 0.333. The van der Waals surface area contributed by atoms with Crippen molar-refractivity contribution in [2.75, 3.05) is 26.2 Å². The van der Waals surface area contributed by atoms with Crippen molar-refractivity contribution in [2.45, 2.75) is 50.0 Å². The number of carbonyl (C=O) groups is 4. The molecule has 12 nitrogen and oxygen atoms in total. The van der Waals surface area contributed by atoms with Gasteiger partial charge in [-0.1, -0.05) is 60.7 Å². The van der Waals surface area contributed by atoms with Gasteiger partial charge in [-0.3, -0.25) is 24.1 Å². The van der Waals surface area contributed by atoms with Crippen LogP contribution in [0.1, 0.15) is 23.1 Å². The third-order valence-electron chi connectivity index (χ3n) is 8.92. The molecule has 6 rings (SSSR count). The minimum atomic E-state index is -1.04. The second-order valence-corrected chi connectivity index (χ2v) is 12.5. The molecule has 1 aromatic heterocycles. The molecule has 2 fully saturated rings. The summed E-state index contributed by atoms with van der Waals surface area (Å²) in [6, 6.07) is 20.7. The first-order valence-electron chi connectivity index (χ1n) is 16.2. The van der Waals surface area contributed by atoms with Crippen LogP contribution in [0.3, 0.4) is 0 Å². The highest BCUT2D eigenvalue weighted by Gasteiger charge is 2.42. The molecule has 4 aromatic rings. The van der Waals surface area contributed by atoms with Crippen molar-refractivity contribution in [3.63, 3.8) is 0 Å². The molecule has 0 radical (unpaired) electrons.